The molecular formula is C21H28N2O3S2. The molecule has 3 rings (SSSR count). The van der Waals surface area contributed by atoms with Gasteiger partial charge in [-0.2, -0.15) is 0 Å². The van der Waals surface area contributed by atoms with E-state index in [1.54, 1.807) is 29.5 Å². The van der Waals surface area contributed by atoms with Crippen LogP contribution in [0.25, 0.3) is 0 Å². The molecule has 0 spiro atoms. The molecule has 7 heteroatoms. The lowest BCUT2D eigenvalue weighted by Gasteiger charge is -2.33. The van der Waals surface area contributed by atoms with Crippen molar-refractivity contribution in [2.24, 2.45) is 11.3 Å². The molecule has 0 saturated carbocycles. The monoisotopic (exact) mass is 420 g/mol. The molecule has 1 aliphatic rings. The van der Waals surface area contributed by atoms with Crippen molar-refractivity contribution in [1.29, 1.82) is 0 Å². The van der Waals surface area contributed by atoms with Crippen LogP contribution in [0.4, 0.5) is 5.69 Å². The molecular weight excluding hydrogens is 392 g/mol. The molecule has 152 valence electrons. The lowest BCUT2D eigenvalue weighted by Crippen LogP contribution is -2.26. The van der Waals surface area contributed by atoms with Crippen LogP contribution in [0.15, 0.2) is 30.3 Å². The second-order valence-corrected chi connectivity index (χ2v) is 11.5. The van der Waals surface area contributed by atoms with Gasteiger partial charge in [-0.05, 0) is 53.9 Å². The summed E-state index contributed by atoms with van der Waals surface area (Å²) in [7, 11) is -3.37. The third kappa shape index (κ3) is 5.14. The number of hydrogen-bond acceptors (Lipinski definition) is 4. The summed E-state index contributed by atoms with van der Waals surface area (Å²) in [5.41, 5.74) is 2.80. The Labute approximate surface area is 171 Å². The van der Waals surface area contributed by atoms with Crippen LogP contribution in [0.3, 0.4) is 0 Å². The Morgan fingerprint density at radius 1 is 1.25 bits per heavy atom. The lowest BCUT2D eigenvalue weighted by atomic mass is 9.72. The third-order valence-corrected chi connectivity index (χ3v) is 7.11. The maximum Gasteiger partial charge on any atom is 0.261 e. The van der Waals surface area contributed by atoms with E-state index in [0.717, 1.165) is 29.5 Å². The predicted molar refractivity (Wildman–Crippen MR) is 115 cm³/mol. The summed E-state index contributed by atoms with van der Waals surface area (Å²) in [4.78, 5) is 14.7. The highest BCUT2D eigenvalue weighted by atomic mass is 32.2. The largest absolute Gasteiger partial charge is 0.347 e. The molecule has 2 N–H and O–H groups in total. The third-order valence-electron chi connectivity index (χ3n) is 5.28. The van der Waals surface area contributed by atoms with Crippen molar-refractivity contribution in [2.75, 3.05) is 11.0 Å². The molecule has 1 atom stereocenters. The Bertz CT molecular complexity index is 972. The molecule has 5 nitrogen and oxygen atoms in total. The van der Waals surface area contributed by atoms with Gasteiger partial charge >= 0.3 is 0 Å². The van der Waals surface area contributed by atoms with Gasteiger partial charge in [-0.15, -0.1) is 11.3 Å². The molecule has 2 aromatic rings. The summed E-state index contributed by atoms with van der Waals surface area (Å²) in [6.07, 6.45) is 4.35. The van der Waals surface area contributed by atoms with Gasteiger partial charge in [0.15, 0.2) is 0 Å². The Morgan fingerprint density at radius 2 is 1.96 bits per heavy atom. The minimum absolute atomic E-state index is 0.110. The molecule has 0 fully saturated rings. The van der Waals surface area contributed by atoms with Crippen LogP contribution in [-0.2, 0) is 29.4 Å². The zero-order chi connectivity index (χ0) is 20.5. The highest BCUT2D eigenvalue weighted by Crippen LogP contribution is 2.40. The number of carbonyl (C=O) groups is 1. The normalized spacial score (nSPS) is 17.1. The lowest BCUT2D eigenvalue weighted by molar-refractivity contribution is 0.0955. The summed E-state index contributed by atoms with van der Waals surface area (Å²) in [6.45, 7) is 7.12. The topological polar surface area (TPSA) is 75.3 Å². The maximum absolute atomic E-state index is 12.7. The second-order valence-electron chi connectivity index (χ2n) is 8.58. The van der Waals surface area contributed by atoms with Crippen LogP contribution in [0.2, 0.25) is 0 Å². The number of aryl methyl sites for hydroxylation is 1. The van der Waals surface area contributed by atoms with Gasteiger partial charge in [-0.1, -0.05) is 39.0 Å². The minimum Gasteiger partial charge on any atom is -0.347 e. The van der Waals surface area contributed by atoms with Crippen molar-refractivity contribution in [3.05, 3.63) is 51.2 Å². The SMILES string of the molecule is CC(C)(C)C1CCc2sc(C(=O)NCc3ccccc3NS(C)(=O)=O)cc2C1. The molecule has 1 aromatic heterocycles. The fourth-order valence-corrected chi connectivity index (χ4v) is 5.33. The Morgan fingerprint density at radius 3 is 2.64 bits per heavy atom. The van der Waals surface area contributed by atoms with Crippen LogP contribution >= 0.6 is 11.3 Å². The summed E-state index contributed by atoms with van der Waals surface area (Å²) in [5.74, 6) is 0.528. The Balaban J connectivity index is 1.68. The van der Waals surface area contributed by atoms with Crippen molar-refractivity contribution in [1.82, 2.24) is 5.32 Å². The van der Waals surface area contributed by atoms with Crippen LogP contribution in [0.5, 0.6) is 0 Å². The first-order valence-electron chi connectivity index (χ1n) is 9.48. The van der Waals surface area contributed by atoms with Crippen LogP contribution in [0.1, 0.15) is 52.9 Å². The van der Waals surface area contributed by atoms with E-state index in [1.807, 2.05) is 12.1 Å². The number of hydrogen-bond donors (Lipinski definition) is 2. The Hall–Kier alpha value is -1.86. The van der Waals surface area contributed by atoms with Gasteiger partial charge in [0.25, 0.3) is 5.91 Å². The minimum atomic E-state index is -3.37. The molecule has 28 heavy (non-hydrogen) atoms. The van der Waals surface area contributed by atoms with Gasteiger partial charge in [0.2, 0.25) is 10.0 Å². The summed E-state index contributed by atoms with van der Waals surface area (Å²) in [5, 5.41) is 2.93. The molecule has 0 radical (unpaired) electrons. The number of benzene rings is 1. The highest BCUT2D eigenvalue weighted by molar-refractivity contribution is 7.92. The van der Waals surface area contributed by atoms with E-state index in [4.69, 9.17) is 0 Å². The number of amides is 1. The van der Waals surface area contributed by atoms with Crippen molar-refractivity contribution < 1.29 is 13.2 Å². The van der Waals surface area contributed by atoms with Gasteiger partial charge in [0, 0.05) is 11.4 Å². The first kappa shape index (κ1) is 20.9. The molecule has 1 aromatic carbocycles. The van der Waals surface area contributed by atoms with Gasteiger partial charge in [-0.3, -0.25) is 9.52 Å². The van der Waals surface area contributed by atoms with E-state index in [9.17, 15) is 13.2 Å². The fourth-order valence-electron chi connectivity index (χ4n) is 3.61. The van der Waals surface area contributed by atoms with Crippen LogP contribution < -0.4 is 10.0 Å². The smallest absolute Gasteiger partial charge is 0.261 e. The van der Waals surface area contributed by atoms with E-state index < -0.39 is 10.0 Å². The molecule has 0 bridgehead atoms. The van der Waals surface area contributed by atoms with E-state index in [1.165, 1.54) is 16.9 Å². The number of para-hydroxylation sites is 1. The number of sulfonamides is 1. The average molecular weight is 421 g/mol. The maximum atomic E-state index is 12.7. The predicted octanol–water partition coefficient (Wildman–Crippen LogP) is 4.20. The van der Waals surface area contributed by atoms with Crippen molar-refractivity contribution in [2.45, 2.75) is 46.6 Å². The molecule has 0 saturated heterocycles. The van der Waals surface area contributed by atoms with Gasteiger partial charge < -0.3 is 5.32 Å². The van der Waals surface area contributed by atoms with Gasteiger partial charge in [0.05, 0.1) is 16.8 Å². The molecule has 1 amide bonds. The van der Waals surface area contributed by atoms with Gasteiger partial charge in [-0.25, -0.2) is 8.42 Å². The van der Waals surface area contributed by atoms with Gasteiger partial charge in [0.1, 0.15) is 0 Å². The number of carbonyl (C=O) groups excluding carboxylic acids is 1. The average Bonchev–Trinajstić information content (AvgIpc) is 3.02. The molecule has 1 heterocycles. The summed E-state index contributed by atoms with van der Waals surface area (Å²) in [6, 6.07) is 9.12. The number of fused-ring (bicyclic) bond motifs is 1. The molecule has 0 aliphatic heterocycles. The zero-order valence-corrected chi connectivity index (χ0v) is 18.5. The first-order valence-corrected chi connectivity index (χ1v) is 12.2. The number of rotatable bonds is 5. The second kappa shape index (κ2) is 7.87. The number of nitrogens with one attached hydrogen (secondary N) is 2. The Kier molecular flexibility index (Phi) is 5.87. The number of anilines is 1. The van der Waals surface area contributed by atoms with Crippen molar-refractivity contribution in [3.63, 3.8) is 0 Å². The van der Waals surface area contributed by atoms with Crippen molar-refractivity contribution >= 4 is 33.0 Å². The van der Waals surface area contributed by atoms with E-state index in [0.29, 0.717) is 11.6 Å². The zero-order valence-electron chi connectivity index (χ0n) is 16.8. The standard InChI is InChI=1S/C21H28N2O3S2/c1-21(2,3)16-9-10-18-15(11-16)12-19(27-18)20(24)22-13-14-7-5-6-8-17(14)23-28(4,25)26/h5-8,12,16,23H,9-11,13H2,1-4H3,(H,22,24). The highest BCUT2D eigenvalue weighted by Gasteiger charge is 2.30. The summed E-state index contributed by atoms with van der Waals surface area (Å²) >= 11 is 1.58. The van der Waals surface area contributed by atoms with Crippen molar-refractivity contribution in [3.8, 4) is 0 Å². The molecule has 1 aliphatic carbocycles. The fraction of sp³-hybridized carbons (Fsp3) is 0.476. The van der Waals surface area contributed by atoms with Crippen LogP contribution in [-0.4, -0.2) is 20.6 Å². The first-order chi connectivity index (χ1) is 13.0. The molecule has 1 unspecified atom stereocenters. The number of thiophene rings is 1. The summed E-state index contributed by atoms with van der Waals surface area (Å²) < 4.78 is 25.5. The van der Waals surface area contributed by atoms with Crippen LogP contribution in [0, 0.1) is 11.3 Å². The van der Waals surface area contributed by atoms with E-state index in [-0.39, 0.29) is 17.9 Å². The quantitative estimate of drug-likeness (QED) is 0.761. The van der Waals surface area contributed by atoms with E-state index in [2.05, 4.69) is 30.8 Å². The van der Waals surface area contributed by atoms with E-state index >= 15 is 0 Å².